The van der Waals surface area contributed by atoms with E-state index in [1.165, 1.54) is 34.1 Å². The first-order valence-electron chi connectivity index (χ1n) is 8.00. The van der Waals surface area contributed by atoms with E-state index in [9.17, 15) is 9.18 Å². The van der Waals surface area contributed by atoms with E-state index in [4.69, 9.17) is 4.74 Å². The van der Waals surface area contributed by atoms with Crippen LogP contribution in [-0.4, -0.2) is 39.7 Å². The van der Waals surface area contributed by atoms with Crippen molar-refractivity contribution >= 4 is 16.3 Å². The maximum absolute atomic E-state index is 12.8. The lowest BCUT2D eigenvalue weighted by molar-refractivity contribution is 0.231. The first-order chi connectivity index (χ1) is 12.0. The number of fused-ring (bicyclic) bond motifs is 1. The average molecular weight is 362 g/mol. The van der Waals surface area contributed by atoms with Gasteiger partial charge < -0.3 is 4.74 Å². The van der Waals surface area contributed by atoms with Crippen molar-refractivity contribution in [1.29, 1.82) is 0 Å². The topological polar surface area (TPSA) is 59.7 Å². The Morgan fingerprint density at radius 1 is 1.32 bits per heavy atom. The van der Waals surface area contributed by atoms with Crippen molar-refractivity contribution in [2.75, 3.05) is 20.2 Å². The molecule has 3 aromatic rings. The van der Waals surface area contributed by atoms with Gasteiger partial charge >= 0.3 is 0 Å². The molecule has 8 heteroatoms. The highest BCUT2D eigenvalue weighted by molar-refractivity contribution is 7.16. The minimum atomic E-state index is -0.286. The van der Waals surface area contributed by atoms with Gasteiger partial charge in [-0.15, -0.1) is 0 Å². The average Bonchev–Trinajstić information content (AvgIpc) is 3.00. The fraction of sp³-hybridized carbons (Fsp3) is 0.353. The maximum Gasteiger partial charge on any atom is 0.275 e. The highest BCUT2D eigenvalue weighted by atomic mass is 32.1. The first kappa shape index (κ1) is 17.5. The summed E-state index contributed by atoms with van der Waals surface area (Å²) in [6, 6.07) is 7.45. The lowest BCUT2D eigenvalue weighted by Gasteiger charge is -2.16. The zero-order chi connectivity index (χ0) is 17.8. The summed E-state index contributed by atoms with van der Waals surface area (Å²) in [5.74, 6) is 0.343. The van der Waals surface area contributed by atoms with Crippen molar-refractivity contribution in [2.45, 2.75) is 19.9 Å². The van der Waals surface area contributed by atoms with Crippen molar-refractivity contribution in [2.24, 2.45) is 0 Å². The highest BCUT2D eigenvalue weighted by Gasteiger charge is 2.09. The normalized spacial score (nSPS) is 11.4. The monoisotopic (exact) mass is 362 g/mol. The molecule has 132 valence electrons. The summed E-state index contributed by atoms with van der Waals surface area (Å²) in [6.07, 6.45) is 0.781. The van der Waals surface area contributed by atoms with Crippen LogP contribution in [0.15, 0.2) is 35.1 Å². The van der Waals surface area contributed by atoms with Crippen LogP contribution in [0, 0.1) is 5.82 Å². The van der Waals surface area contributed by atoms with Gasteiger partial charge in [-0.05, 0) is 37.7 Å². The molecule has 0 saturated carbocycles. The van der Waals surface area contributed by atoms with E-state index in [0.717, 1.165) is 11.4 Å². The predicted octanol–water partition coefficient (Wildman–Crippen LogP) is 2.36. The number of rotatable bonds is 7. The lowest BCUT2D eigenvalue weighted by Crippen LogP contribution is -2.26. The Labute approximate surface area is 148 Å². The maximum atomic E-state index is 12.8. The van der Waals surface area contributed by atoms with Gasteiger partial charge in [0, 0.05) is 19.2 Å². The summed E-state index contributed by atoms with van der Waals surface area (Å²) in [5, 5.41) is 5.13. The van der Waals surface area contributed by atoms with Gasteiger partial charge in [-0.3, -0.25) is 9.69 Å². The number of aromatic nitrogens is 3. The SMILES string of the molecule is CCc1nn2c(=O)cc(CN(C)CCOc3ccc(F)cc3)nc2s1. The van der Waals surface area contributed by atoms with Gasteiger partial charge in [-0.25, -0.2) is 9.37 Å². The number of hydrogen-bond donors (Lipinski definition) is 0. The van der Waals surface area contributed by atoms with E-state index in [2.05, 4.69) is 10.1 Å². The Hall–Kier alpha value is -2.32. The number of likely N-dealkylation sites (N-methyl/N-ethyl adjacent to an activating group) is 1. The number of halogens is 1. The fourth-order valence-corrected chi connectivity index (χ4v) is 3.18. The van der Waals surface area contributed by atoms with Crippen LogP contribution in [0.2, 0.25) is 0 Å². The molecule has 0 aliphatic carbocycles. The van der Waals surface area contributed by atoms with Gasteiger partial charge in [0.1, 0.15) is 23.2 Å². The van der Waals surface area contributed by atoms with E-state index >= 15 is 0 Å². The molecule has 0 saturated heterocycles. The summed E-state index contributed by atoms with van der Waals surface area (Å²) in [4.78, 5) is 19.3. The second-order valence-corrected chi connectivity index (χ2v) is 6.71. The lowest BCUT2D eigenvalue weighted by atomic mass is 10.3. The summed E-state index contributed by atoms with van der Waals surface area (Å²) < 4.78 is 19.8. The molecule has 2 aromatic heterocycles. The molecular weight excluding hydrogens is 343 g/mol. The van der Waals surface area contributed by atoms with Crippen LogP contribution in [0.5, 0.6) is 5.75 Å². The smallest absolute Gasteiger partial charge is 0.275 e. The van der Waals surface area contributed by atoms with Crippen LogP contribution < -0.4 is 10.3 Å². The molecule has 6 nitrogen and oxygen atoms in total. The van der Waals surface area contributed by atoms with E-state index in [1.807, 2.05) is 18.9 Å². The van der Waals surface area contributed by atoms with Crippen molar-refractivity contribution in [3.63, 3.8) is 0 Å². The molecule has 0 aliphatic heterocycles. The van der Waals surface area contributed by atoms with Gasteiger partial charge in [0.05, 0.1) is 5.69 Å². The molecular formula is C17H19FN4O2S. The van der Waals surface area contributed by atoms with Crippen molar-refractivity contribution < 1.29 is 9.13 Å². The van der Waals surface area contributed by atoms with E-state index in [1.54, 1.807) is 12.1 Å². The second kappa shape index (κ2) is 7.71. The molecule has 0 bridgehead atoms. The summed E-state index contributed by atoms with van der Waals surface area (Å²) in [7, 11) is 1.93. The van der Waals surface area contributed by atoms with Gasteiger partial charge in [0.25, 0.3) is 5.56 Å². The highest BCUT2D eigenvalue weighted by Crippen LogP contribution is 2.13. The number of nitrogens with zero attached hydrogens (tertiary/aromatic N) is 4. The third kappa shape index (κ3) is 4.40. The Kier molecular flexibility index (Phi) is 5.40. The third-order valence-corrected chi connectivity index (χ3v) is 4.68. The molecule has 0 spiro atoms. The predicted molar refractivity (Wildman–Crippen MR) is 94.7 cm³/mol. The Balaban J connectivity index is 1.58. The summed E-state index contributed by atoms with van der Waals surface area (Å²) >= 11 is 1.44. The summed E-state index contributed by atoms with van der Waals surface area (Å²) in [5.41, 5.74) is 0.549. The molecule has 0 atom stereocenters. The molecule has 25 heavy (non-hydrogen) atoms. The zero-order valence-corrected chi connectivity index (χ0v) is 14.9. The minimum Gasteiger partial charge on any atom is -0.492 e. The molecule has 0 N–H and O–H groups in total. The Morgan fingerprint density at radius 3 is 2.80 bits per heavy atom. The van der Waals surface area contributed by atoms with Crippen LogP contribution in [0.3, 0.4) is 0 Å². The van der Waals surface area contributed by atoms with Gasteiger partial charge in [-0.2, -0.15) is 9.61 Å². The second-order valence-electron chi connectivity index (χ2n) is 5.67. The standard InChI is InChI=1S/C17H19FN4O2S/c1-3-15-20-22-16(23)10-13(19-17(22)25-15)11-21(2)8-9-24-14-6-4-12(18)5-7-14/h4-7,10H,3,8-9,11H2,1-2H3. The molecule has 0 aliphatic rings. The van der Waals surface area contributed by atoms with E-state index < -0.39 is 0 Å². The minimum absolute atomic E-state index is 0.160. The molecule has 3 rings (SSSR count). The van der Waals surface area contributed by atoms with E-state index in [0.29, 0.717) is 36.1 Å². The van der Waals surface area contributed by atoms with Crippen LogP contribution in [0.4, 0.5) is 4.39 Å². The van der Waals surface area contributed by atoms with E-state index in [-0.39, 0.29) is 11.4 Å². The van der Waals surface area contributed by atoms with Crippen LogP contribution in [0.25, 0.3) is 4.96 Å². The molecule has 0 amide bonds. The fourth-order valence-electron chi connectivity index (χ4n) is 2.33. The van der Waals surface area contributed by atoms with Crippen molar-refractivity contribution in [1.82, 2.24) is 19.5 Å². The molecule has 2 heterocycles. The summed E-state index contributed by atoms with van der Waals surface area (Å²) in [6.45, 7) is 3.65. The largest absolute Gasteiger partial charge is 0.492 e. The molecule has 0 unspecified atom stereocenters. The van der Waals surface area contributed by atoms with Crippen molar-refractivity contribution in [3.05, 3.63) is 57.2 Å². The van der Waals surface area contributed by atoms with Gasteiger partial charge in [0.15, 0.2) is 0 Å². The number of benzene rings is 1. The quantitative estimate of drug-likeness (QED) is 0.646. The van der Waals surface area contributed by atoms with Crippen LogP contribution in [-0.2, 0) is 13.0 Å². The number of aryl methyl sites for hydroxylation is 1. The van der Waals surface area contributed by atoms with Gasteiger partial charge in [0.2, 0.25) is 4.96 Å². The third-order valence-electron chi connectivity index (χ3n) is 3.63. The number of hydrogen-bond acceptors (Lipinski definition) is 6. The van der Waals surface area contributed by atoms with Crippen LogP contribution in [0.1, 0.15) is 17.6 Å². The molecule has 0 fully saturated rings. The number of ether oxygens (including phenoxy) is 1. The Bertz CT molecular complexity index is 907. The molecule has 0 radical (unpaired) electrons. The van der Waals surface area contributed by atoms with Gasteiger partial charge in [-0.1, -0.05) is 18.3 Å². The molecule has 1 aromatic carbocycles. The Morgan fingerprint density at radius 2 is 2.08 bits per heavy atom. The zero-order valence-electron chi connectivity index (χ0n) is 14.1. The van der Waals surface area contributed by atoms with Crippen molar-refractivity contribution in [3.8, 4) is 5.75 Å². The van der Waals surface area contributed by atoms with Crippen LogP contribution >= 0.6 is 11.3 Å². The first-order valence-corrected chi connectivity index (χ1v) is 8.82.